The van der Waals surface area contributed by atoms with Gasteiger partial charge in [-0.05, 0) is 49.4 Å². The number of rotatable bonds is 3. The molecule has 2 N–H and O–H groups in total. The molecular formula is C21H23F3N2O4S. The Morgan fingerprint density at radius 2 is 1.77 bits per heavy atom. The number of pyridine rings is 1. The van der Waals surface area contributed by atoms with Crippen molar-refractivity contribution >= 4 is 16.5 Å². The quantitative estimate of drug-likeness (QED) is 0.681. The first-order chi connectivity index (χ1) is 14.6. The van der Waals surface area contributed by atoms with Crippen LogP contribution in [0.4, 0.5) is 13.2 Å². The molecule has 1 saturated heterocycles. The normalized spacial score (nSPS) is 19.5. The number of carbonyl (C=O) groups is 1. The molecule has 6 nitrogen and oxygen atoms in total. The van der Waals surface area contributed by atoms with E-state index in [1.807, 2.05) is 0 Å². The molecule has 0 spiro atoms. The van der Waals surface area contributed by atoms with E-state index in [9.17, 15) is 27.1 Å². The van der Waals surface area contributed by atoms with E-state index in [4.69, 9.17) is 4.74 Å². The number of fused-ring (bicyclic) bond motifs is 1. The van der Waals surface area contributed by atoms with E-state index >= 15 is 0 Å². The van der Waals surface area contributed by atoms with Crippen LogP contribution in [0.3, 0.4) is 0 Å². The SMILES string of the molecule is O=C(c1ncc(Oc2cccc(C(F)(F)F)c2)c2c1CCCC2)N1CCS(O)(O)CC1. The zero-order valence-corrected chi connectivity index (χ0v) is 17.5. The Balaban J connectivity index is 1.61. The Morgan fingerprint density at radius 3 is 2.45 bits per heavy atom. The maximum Gasteiger partial charge on any atom is 0.416 e. The van der Waals surface area contributed by atoms with Gasteiger partial charge in [-0.1, -0.05) is 6.07 Å². The predicted octanol–water partition coefficient (Wildman–Crippen LogP) is 4.98. The Bertz CT molecular complexity index is 987. The Labute approximate surface area is 179 Å². The molecule has 4 rings (SSSR count). The summed E-state index contributed by atoms with van der Waals surface area (Å²) in [6.07, 6.45) is -0.0324. The van der Waals surface area contributed by atoms with Crippen LogP contribution in [0.5, 0.6) is 11.5 Å². The van der Waals surface area contributed by atoms with Crippen LogP contribution in [0.15, 0.2) is 30.5 Å². The zero-order chi connectivity index (χ0) is 22.2. The van der Waals surface area contributed by atoms with Crippen molar-refractivity contribution in [1.82, 2.24) is 9.88 Å². The third kappa shape index (κ3) is 4.81. The van der Waals surface area contributed by atoms with E-state index in [0.717, 1.165) is 36.1 Å². The van der Waals surface area contributed by atoms with Crippen LogP contribution in [0, 0.1) is 0 Å². The minimum Gasteiger partial charge on any atom is -0.455 e. The lowest BCUT2D eigenvalue weighted by Crippen LogP contribution is -2.42. The van der Waals surface area contributed by atoms with Crippen molar-refractivity contribution in [2.24, 2.45) is 0 Å². The first kappa shape index (κ1) is 21.9. The second kappa shape index (κ2) is 8.33. The fourth-order valence-electron chi connectivity index (χ4n) is 3.93. The summed E-state index contributed by atoms with van der Waals surface area (Å²) in [5.74, 6) is 0.455. The third-order valence-electron chi connectivity index (χ3n) is 5.62. The first-order valence-electron chi connectivity index (χ1n) is 10.0. The molecule has 1 fully saturated rings. The number of hydrogen-bond acceptors (Lipinski definition) is 5. The largest absolute Gasteiger partial charge is 0.455 e. The topological polar surface area (TPSA) is 82.9 Å². The van der Waals surface area contributed by atoms with Gasteiger partial charge in [0.2, 0.25) is 0 Å². The molecule has 0 radical (unpaired) electrons. The van der Waals surface area contributed by atoms with Crippen LogP contribution in [0.2, 0.25) is 0 Å². The molecule has 2 aromatic rings. The molecule has 1 aromatic heterocycles. The monoisotopic (exact) mass is 456 g/mol. The van der Waals surface area contributed by atoms with E-state index in [0.29, 0.717) is 24.3 Å². The van der Waals surface area contributed by atoms with Crippen molar-refractivity contribution in [3.63, 3.8) is 0 Å². The van der Waals surface area contributed by atoms with E-state index in [2.05, 4.69) is 4.98 Å². The molecule has 1 aliphatic carbocycles. The number of ether oxygens (including phenoxy) is 1. The number of nitrogens with zero attached hydrogens (tertiary/aromatic N) is 2. The van der Waals surface area contributed by atoms with Crippen LogP contribution in [-0.2, 0) is 19.0 Å². The number of carbonyl (C=O) groups excluding carboxylic acids is 1. The second-order valence-electron chi connectivity index (χ2n) is 7.77. The van der Waals surface area contributed by atoms with Crippen molar-refractivity contribution in [1.29, 1.82) is 0 Å². The first-order valence-corrected chi connectivity index (χ1v) is 11.9. The third-order valence-corrected chi connectivity index (χ3v) is 7.29. The average molecular weight is 456 g/mol. The highest BCUT2D eigenvalue weighted by Gasteiger charge is 2.32. The van der Waals surface area contributed by atoms with Gasteiger partial charge in [0, 0.05) is 18.7 Å². The molecule has 0 bridgehead atoms. The van der Waals surface area contributed by atoms with Crippen LogP contribution >= 0.6 is 10.6 Å². The van der Waals surface area contributed by atoms with Crippen molar-refractivity contribution in [2.75, 3.05) is 24.6 Å². The number of aromatic nitrogens is 1. The van der Waals surface area contributed by atoms with Gasteiger partial charge >= 0.3 is 6.18 Å². The van der Waals surface area contributed by atoms with Gasteiger partial charge in [0.15, 0.2) is 0 Å². The molecule has 168 valence electrons. The summed E-state index contributed by atoms with van der Waals surface area (Å²) in [5, 5.41) is 0. The summed E-state index contributed by atoms with van der Waals surface area (Å²) >= 11 is 0. The van der Waals surface area contributed by atoms with Crippen LogP contribution in [0.1, 0.15) is 40.0 Å². The fourth-order valence-corrected chi connectivity index (χ4v) is 5.16. The summed E-state index contributed by atoms with van der Waals surface area (Å²) in [6.45, 7) is 0.500. The minimum atomic E-state index is -4.47. The summed E-state index contributed by atoms with van der Waals surface area (Å²) < 4.78 is 64.4. The molecule has 0 atom stereocenters. The molecule has 0 unspecified atom stereocenters. The Kier molecular flexibility index (Phi) is 5.89. The fraction of sp³-hybridized carbons (Fsp3) is 0.429. The minimum absolute atomic E-state index is 0.0599. The van der Waals surface area contributed by atoms with Gasteiger partial charge in [-0.15, -0.1) is 0 Å². The molecule has 1 aliphatic heterocycles. The molecule has 2 aliphatic rings. The van der Waals surface area contributed by atoms with Gasteiger partial charge in [-0.25, -0.2) is 4.98 Å². The summed E-state index contributed by atoms with van der Waals surface area (Å²) in [6, 6.07) is 4.67. The van der Waals surface area contributed by atoms with Crippen LogP contribution in [0.25, 0.3) is 0 Å². The lowest BCUT2D eigenvalue weighted by atomic mass is 9.90. The van der Waals surface area contributed by atoms with Crippen molar-refractivity contribution in [2.45, 2.75) is 31.9 Å². The second-order valence-corrected chi connectivity index (χ2v) is 10.2. The van der Waals surface area contributed by atoms with Gasteiger partial charge in [-0.3, -0.25) is 13.9 Å². The Morgan fingerprint density at radius 1 is 1.10 bits per heavy atom. The summed E-state index contributed by atoms with van der Waals surface area (Å²) in [4.78, 5) is 18.9. The molecular weight excluding hydrogens is 433 g/mol. The number of hydrogen-bond donors (Lipinski definition) is 2. The van der Waals surface area contributed by atoms with Crippen LogP contribution in [-0.4, -0.2) is 49.5 Å². The summed E-state index contributed by atoms with van der Waals surface area (Å²) in [7, 11) is -2.62. The molecule has 1 amide bonds. The van der Waals surface area contributed by atoms with E-state index < -0.39 is 22.3 Å². The van der Waals surface area contributed by atoms with E-state index in [-0.39, 0.29) is 36.3 Å². The van der Waals surface area contributed by atoms with Crippen molar-refractivity contribution in [3.05, 3.63) is 52.8 Å². The Hall–Kier alpha value is -2.30. The number of amides is 1. The number of halogens is 3. The number of benzene rings is 1. The highest BCUT2D eigenvalue weighted by Crippen LogP contribution is 2.41. The maximum atomic E-state index is 13.1. The zero-order valence-electron chi connectivity index (χ0n) is 16.7. The van der Waals surface area contributed by atoms with Gasteiger partial charge in [0.05, 0.1) is 23.3 Å². The van der Waals surface area contributed by atoms with Crippen molar-refractivity contribution < 1.29 is 31.8 Å². The lowest BCUT2D eigenvalue weighted by Gasteiger charge is -2.41. The van der Waals surface area contributed by atoms with E-state index in [1.165, 1.54) is 18.3 Å². The van der Waals surface area contributed by atoms with Gasteiger partial charge in [-0.2, -0.15) is 23.8 Å². The average Bonchev–Trinajstić information content (AvgIpc) is 2.73. The highest BCUT2D eigenvalue weighted by molar-refractivity contribution is 8.24. The molecule has 2 heterocycles. The van der Waals surface area contributed by atoms with Gasteiger partial charge < -0.3 is 9.64 Å². The van der Waals surface area contributed by atoms with E-state index in [1.54, 1.807) is 4.90 Å². The standard InChI is InChI=1S/C21H23F3N2O4S/c22-21(23,24)14-4-3-5-15(12-14)30-18-13-25-19(17-7-2-1-6-16(17)18)20(27)26-8-10-31(28,29)11-9-26/h3-5,12-13,28-29H,1-2,6-11H2. The molecule has 31 heavy (non-hydrogen) atoms. The lowest BCUT2D eigenvalue weighted by molar-refractivity contribution is -0.137. The van der Waals surface area contributed by atoms with Gasteiger partial charge in [0.25, 0.3) is 5.91 Å². The van der Waals surface area contributed by atoms with Gasteiger partial charge in [0.1, 0.15) is 17.2 Å². The highest BCUT2D eigenvalue weighted by atomic mass is 32.3. The van der Waals surface area contributed by atoms with Crippen LogP contribution < -0.4 is 4.74 Å². The smallest absolute Gasteiger partial charge is 0.416 e. The predicted molar refractivity (Wildman–Crippen MR) is 111 cm³/mol. The molecule has 10 heteroatoms. The maximum absolute atomic E-state index is 13.1. The molecule has 0 saturated carbocycles. The van der Waals surface area contributed by atoms with Crippen molar-refractivity contribution in [3.8, 4) is 11.5 Å². The summed E-state index contributed by atoms with van der Waals surface area (Å²) in [5.41, 5.74) is 1.07. The molecule has 1 aromatic carbocycles. The number of alkyl halides is 3.